The van der Waals surface area contributed by atoms with Gasteiger partial charge in [-0.3, -0.25) is 0 Å². The van der Waals surface area contributed by atoms with Crippen molar-refractivity contribution in [2.24, 2.45) is 31.9 Å². The lowest BCUT2D eigenvalue weighted by molar-refractivity contribution is -0.525. The molecule has 0 bridgehead atoms. The van der Waals surface area contributed by atoms with Gasteiger partial charge in [0.15, 0.2) is 10.1 Å². The second kappa shape index (κ2) is 7.90. The lowest BCUT2D eigenvalue weighted by atomic mass is 10.3. The Morgan fingerprint density at radius 3 is 1.40 bits per heavy atom. The molecule has 0 amide bonds. The van der Waals surface area contributed by atoms with Gasteiger partial charge in [0, 0.05) is 0 Å². The Labute approximate surface area is 111 Å². The van der Waals surface area contributed by atoms with Gasteiger partial charge in [-0.1, -0.05) is 10.9 Å². The molecular formula is C6H12N10O4. The monoisotopic (exact) mass is 288 g/mol. The van der Waals surface area contributed by atoms with Gasteiger partial charge in [0.05, 0.1) is 11.4 Å². The summed E-state index contributed by atoms with van der Waals surface area (Å²) in [5, 5.41) is 31.9. The molecule has 0 aromatic rings. The molecule has 0 atom stereocenters. The topological polar surface area (TPSA) is 212 Å². The van der Waals surface area contributed by atoms with Gasteiger partial charge < -0.3 is 11.5 Å². The van der Waals surface area contributed by atoms with Crippen LogP contribution in [-0.4, -0.2) is 33.4 Å². The van der Waals surface area contributed by atoms with Crippen LogP contribution in [0.4, 0.5) is 0 Å². The van der Waals surface area contributed by atoms with Crippen LogP contribution in [-0.2, 0) is 0 Å². The molecule has 0 aliphatic carbocycles. The van der Waals surface area contributed by atoms with Crippen LogP contribution in [0.1, 0.15) is 13.8 Å². The molecule has 6 N–H and O–H groups in total. The van der Waals surface area contributed by atoms with Gasteiger partial charge in [-0.25, -0.2) is 20.2 Å². The lowest BCUT2D eigenvalue weighted by Crippen LogP contribution is -2.36. The molecule has 0 aliphatic rings. The minimum absolute atomic E-state index is 0.218. The van der Waals surface area contributed by atoms with Crippen molar-refractivity contribution in [1.82, 2.24) is 10.9 Å². The first kappa shape index (κ1) is 16.7. The fourth-order valence-electron chi connectivity index (χ4n) is 0.634. The Morgan fingerprint density at radius 1 is 0.850 bits per heavy atom. The fourth-order valence-corrected chi connectivity index (χ4v) is 0.634. The lowest BCUT2D eigenvalue weighted by Gasteiger charge is -1.96. The average molecular weight is 288 g/mol. The second-order valence-electron chi connectivity index (χ2n) is 3.08. The molecular weight excluding hydrogens is 276 g/mol. The molecule has 0 rings (SSSR count). The minimum atomic E-state index is -0.904. The number of hydrogen-bond donors (Lipinski definition) is 4. The third-order valence-electron chi connectivity index (χ3n) is 1.55. The third kappa shape index (κ3) is 7.87. The summed E-state index contributed by atoms with van der Waals surface area (Å²) in [5.41, 5.74) is 13.8. The fraction of sp³-hybridized carbons (Fsp3) is 0.333. The molecule has 0 saturated heterocycles. The van der Waals surface area contributed by atoms with E-state index in [1.165, 1.54) is 13.8 Å². The number of hydrazine groups is 2. The Hall–Kier alpha value is -3.32. The SMILES string of the molecule is CC(=N/N=C(N)N[N+](=O)[O-])/C(C)=N/N=C(N)N[N+](=O)[O-]. The van der Waals surface area contributed by atoms with Gasteiger partial charge in [-0.2, -0.15) is 10.2 Å². The Morgan fingerprint density at radius 2 is 1.15 bits per heavy atom. The molecule has 0 saturated carbocycles. The highest BCUT2D eigenvalue weighted by atomic mass is 16.7. The van der Waals surface area contributed by atoms with Crippen molar-refractivity contribution in [2.45, 2.75) is 13.8 Å². The highest BCUT2D eigenvalue weighted by Gasteiger charge is 2.01. The van der Waals surface area contributed by atoms with Crippen LogP contribution in [0.15, 0.2) is 20.4 Å². The summed E-state index contributed by atoms with van der Waals surface area (Å²) >= 11 is 0. The van der Waals surface area contributed by atoms with Crippen LogP contribution in [0.2, 0.25) is 0 Å². The maximum absolute atomic E-state index is 10.0. The van der Waals surface area contributed by atoms with Crippen LogP contribution >= 0.6 is 0 Å². The predicted octanol–water partition coefficient (Wildman–Crippen LogP) is -2.07. The molecule has 0 radical (unpaired) electrons. The van der Waals surface area contributed by atoms with Crippen molar-refractivity contribution in [3.05, 3.63) is 20.2 Å². The number of nitrogens with one attached hydrogen (secondary N) is 2. The largest absolute Gasteiger partial charge is 0.364 e. The highest BCUT2D eigenvalue weighted by molar-refractivity contribution is 6.40. The Kier molecular flexibility index (Phi) is 6.59. The van der Waals surface area contributed by atoms with E-state index in [0.29, 0.717) is 0 Å². The maximum atomic E-state index is 10.0. The Balaban J connectivity index is 4.80. The Bertz CT molecular complexity index is 460. The van der Waals surface area contributed by atoms with Gasteiger partial charge in [0.1, 0.15) is 0 Å². The second-order valence-corrected chi connectivity index (χ2v) is 3.08. The smallest absolute Gasteiger partial charge is 0.275 e. The summed E-state index contributed by atoms with van der Waals surface area (Å²) in [7, 11) is 0. The normalized spacial score (nSPS) is 13.9. The van der Waals surface area contributed by atoms with E-state index < -0.39 is 22.0 Å². The standard InChI is InChI=1S/C6H12N10O4/c1-3(9-11-5(7)13-15(17)18)4(2)10-12-6(8)14-16(19)20/h1-2H3,(H3,7,11,13)(H3,8,12,14)/b9-3-,10-4+. The van der Waals surface area contributed by atoms with Crippen molar-refractivity contribution < 1.29 is 10.1 Å². The van der Waals surface area contributed by atoms with Gasteiger partial charge in [0.25, 0.3) is 11.9 Å². The first-order valence-corrected chi connectivity index (χ1v) is 4.80. The minimum Gasteiger partial charge on any atom is -0.364 e. The first-order chi connectivity index (χ1) is 9.22. The zero-order valence-corrected chi connectivity index (χ0v) is 10.5. The summed E-state index contributed by atoms with van der Waals surface area (Å²) < 4.78 is 0. The number of guanidine groups is 2. The van der Waals surface area contributed by atoms with Crippen LogP contribution in [0.3, 0.4) is 0 Å². The van der Waals surface area contributed by atoms with E-state index >= 15 is 0 Å². The van der Waals surface area contributed by atoms with E-state index in [1.807, 2.05) is 0 Å². The molecule has 0 heterocycles. The molecule has 110 valence electrons. The van der Waals surface area contributed by atoms with Crippen molar-refractivity contribution in [2.75, 3.05) is 0 Å². The number of rotatable bonds is 5. The summed E-state index contributed by atoms with van der Waals surface area (Å²) in [4.78, 5) is 20.0. The molecule has 0 aliphatic heterocycles. The molecule has 0 spiro atoms. The molecule has 14 heteroatoms. The van der Waals surface area contributed by atoms with Crippen molar-refractivity contribution in [1.29, 1.82) is 0 Å². The summed E-state index contributed by atoms with van der Waals surface area (Å²) in [6.07, 6.45) is 0. The van der Waals surface area contributed by atoms with E-state index in [-0.39, 0.29) is 11.4 Å². The number of hydrogen-bond acceptors (Lipinski definition) is 8. The van der Waals surface area contributed by atoms with Crippen molar-refractivity contribution >= 4 is 23.3 Å². The van der Waals surface area contributed by atoms with E-state index in [2.05, 4.69) is 20.4 Å². The van der Waals surface area contributed by atoms with Gasteiger partial charge in [-0.05, 0) is 13.8 Å². The van der Waals surface area contributed by atoms with Gasteiger partial charge in [-0.15, -0.1) is 10.2 Å². The first-order valence-electron chi connectivity index (χ1n) is 4.80. The van der Waals surface area contributed by atoms with Crippen LogP contribution in [0, 0.1) is 20.2 Å². The summed E-state index contributed by atoms with van der Waals surface area (Å²) in [5.74, 6) is -1.06. The van der Waals surface area contributed by atoms with Crippen LogP contribution in [0.25, 0.3) is 0 Å². The summed E-state index contributed by atoms with van der Waals surface area (Å²) in [6.45, 7) is 2.93. The summed E-state index contributed by atoms with van der Waals surface area (Å²) in [6, 6.07) is 0. The molecule has 0 aromatic heterocycles. The molecule has 20 heavy (non-hydrogen) atoms. The third-order valence-corrected chi connectivity index (χ3v) is 1.55. The van der Waals surface area contributed by atoms with Crippen LogP contribution < -0.4 is 22.3 Å². The predicted molar refractivity (Wildman–Crippen MR) is 69.7 cm³/mol. The van der Waals surface area contributed by atoms with Crippen molar-refractivity contribution in [3.8, 4) is 0 Å². The molecule has 0 unspecified atom stereocenters. The zero-order valence-electron chi connectivity index (χ0n) is 10.5. The number of nitrogens with zero attached hydrogens (tertiary/aromatic N) is 6. The van der Waals surface area contributed by atoms with Crippen LogP contribution in [0.5, 0.6) is 0 Å². The molecule has 0 aromatic carbocycles. The van der Waals surface area contributed by atoms with Gasteiger partial charge in [0.2, 0.25) is 0 Å². The van der Waals surface area contributed by atoms with E-state index in [9.17, 15) is 20.2 Å². The highest BCUT2D eigenvalue weighted by Crippen LogP contribution is 1.87. The zero-order chi connectivity index (χ0) is 15.7. The average Bonchev–Trinajstić information content (AvgIpc) is 2.31. The maximum Gasteiger partial charge on any atom is 0.275 e. The van der Waals surface area contributed by atoms with Crippen molar-refractivity contribution in [3.63, 3.8) is 0 Å². The van der Waals surface area contributed by atoms with E-state index in [0.717, 1.165) is 0 Å². The quantitative estimate of drug-likeness (QED) is 0.190. The number of nitrogens with two attached hydrogens (primary N) is 2. The molecule has 0 fully saturated rings. The molecule has 14 nitrogen and oxygen atoms in total. The van der Waals surface area contributed by atoms with E-state index in [4.69, 9.17) is 11.5 Å². The van der Waals surface area contributed by atoms with Gasteiger partial charge >= 0.3 is 0 Å². The number of nitro groups is 2. The van der Waals surface area contributed by atoms with E-state index in [1.54, 1.807) is 10.9 Å².